The quantitative estimate of drug-likeness (QED) is 0.676. The Bertz CT molecular complexity index is 709. The van der Waals surface area contributed by atoms with E-state index in [-0.39, 0.29) is 26.4 Å². The van der Waals surface area contributed by atoms with Gasteiger partial charge in [-0.05, 0) is 11.1 Å². The Hall–Kier alpha value is -2.70. The summed E-state index contributed by atoms with van der Waals surface area (Å²) in [6.45, 7) is -0.439. The number of benzene rings is 2. The molecule has 0 amide bonds. The number of aliphatic hydroxyl groups excluding tert-OH is 2. The van der Waals surface area contributed by atoms with Gasteiger partial charge in [-0.2, -0.15) is 0 Å². The Kier molecular flexibility index (Phi) is 6.79. The number of rotatable bonds is 8. The molecule has 6 heteroatoms. The normalized spacial score (nSPS) is 23.5. The number of hydrogen-bond acceptors (Lipinski definition) is 6. The van der Waals surface area contributed by atoms with Crippen LogP contribution in [0.3, 0.4) is 0 Å². The third kappa shape index (κ3) is 4.40. The SMILES string of the molecule is O=C(OCc1ccccc1)C1C(CO)C(CO)C1C(=O)OCc1ccccc1. The predicted octanol–water partition coefficient (Wildman–Crippen LogP) is 1.94. The molecule has 0 bridgehead atoms. The highest BCUT2D eigenvalue weighted by Gasteiger charge is 2.58. The second kappa shape index (κ2) is 9.48. The largest absolute Gasteiger partial charge is 0.461 e. The van der Waals surface area contributed by atoms with Gasteiger partial charge >= 0.3 is 11.9 Å². The van der Waals surface area contributed by atoms with E-state index in [1.807, 2.05) is 60.7 Å². The highest BCUT2D eigenvalue weighted by atomic mass is 16.5. The van der Waals surface area contributed by atoms with E-state index in [1.54, 1.807) is 0 Å². The molecule has 3 rings (SSSR count). The van der Waals surface area contributed by atoms with Crippen LogP contribution < -0.4 is 0 Å². The first-order valence-corrected chi connectivity index (χ1v) is 9.28. The third-order valence-corrected chi connectivity index (χ3v) is 5.27. The standard InChI is InChI=1S/C22H24O6/c23-11-17-18(12-24)20(22(26)28-14-16-9-5-2-6-10-16)19(17)21(25)27-13-15-7-3-1-4-8-15/h1-10,17-20,23-24H,11-14H2. The Morgan fingerprint density at radius 1 is 0.679 bits per heavy atom. The predicted molar refractivity (Wildman–Crippen MR) is 101 cm³/mol. The van der Waals surface area contributed by atoms with E-state index in [0.717, 1.165) is 11.1 Å². The number of carbonyl (C=O) groups excluding carboxylic acids is 2. The summed E-state index contributed by atoms with van der Waals surface area (Å²) in [5.74, 6) is -3.82. The van der Waals surface area contributed by atoms with Crippen molar-refractivity contribution < 1.29 is 29.3 Å². The van der Waals surface area contributed by atoms with Crippen LogP contribution in [0.5, 0.6) is 0 Å². The van der Waals surface area contributed by atoms with Crippen LogP contribution in [0, 0.1) is 23.7 Å². The fourth-order valence-electron chi connectivity index (χ4n) is 3.71. The van der Waals surface area contributed by atoms with Gasteiger partial charge in [-0.1, -0.05) is 60.7 Å². The molecule has 4 unspecified atom stereocenters. The molecule has 28 heavy (non-hydrogen) atoms. The fraction of sp³-hybridized carbons (Fsp3) is 0.364. The molecule has 1 fully saturated rings. The van der Waals surface area contributed by atoms with Crippen molar-refractivity contribution in [2.75, 3.05) is 13.2 Å². The maximum atomic E-state index is 12.6. The minimum absolute atomic E-state index is 0.0872. The van der Waals surface area contributed by atoms with Crippen LogP contribution in [0.15, 0.2) is 60.7 Å². The molecule has 0 heterocycles. The molecule has 0 aliphatic heterocycles. The molecule has 2 N–H and O–H groups in total. The Balaban J connectivity index is 1.64. The molecule has 6 nitrogen and oxygen atoms in total. The molecule has 4 atom stereocenters. The van der Waals surface area contributed by atoms with Crippen LogP contribution in [0.1, 0.15) is 11.1 Å². The Labute approximate surface area is 163 Å². The number of ether oxygens (including phenoxy) is 2. The van der Waals surface area contributed by atoms with E-state index in [4.69, 9.17) is 9.47 Å². The van der Waals surface area contributed by atoms with E-state index in [2.05, 4.69) is 0 Å². The van der Waals surface area contributed by atoms with Gasteiger partial charge in [0.25, 0.3) is 0 Å². The summed E-state index contributed by atoms with van der Waals surface area (Å²) in [5, 5.41) is 19.3. The second-order valence-corrected chi connectivity index (χ2v) is 6.93. The van der Waals surface area contributed by atoms with Crippen molar-refractivity contribution in [1.82, 2.24) is 0 Å². The average molecular weight is 384 g/mol. The lowest BCUT2D eigenvalue weighted by atomic mass is 9.57. The van der Waals surface area contributed by atoms with E-state index in [1.165, 1.54) is 0 Å². The van der Waals surface area contributed by atoms with Crippen LogP contribution in [0.25, 0.3) is 0 Å². The molecule has 0 aromatic heterocycles. The van der Waals surface area contributed by atoms with Crippen molar-refractivity contribution in [1.29, 1.82) is 0 Å². The van der Waals surface area contributed by atoms with Gasteiger partial charge in [-0.3, -0.25) is 9.59 Å². The highest BCUT2D eigenvalue weighted by molar-refractivity contribution is 5.85. The summed E-state index contributed by atoms with van der Waals surface area (Å²) in [4.78, 5) is 25.2. The lowest BCUT2D eigenvalue weighted by Gasteiger charge is -2.47. The summed E-state index contributed by atoms with van der Waals surface area (Å²) in [6, 6.07) is 18.4. The van der Waals surface area contributed by atoms with Crippen LogP contribution in [-0.4, -0.2) is 35.4 Å². The van der Waals surface area contributed by atoms with Gasteiger partial charge in [0.2, 0.25) is 0 Å². The molecule has 1 aliphatic rings. The molecule has 0 radical (unpaired) electrons. The topological polar surface area (TPSA) is 93.1 Å². The van der Waals surface area contributed by atoms with E-state index < -0.39 is 35.6 Å². The monoisotopic (exact) mass is 384 g/mol. The molecule has 148 valence electrons. The zero-order valence-electron chi connectivity index (χ0n) is 15.4. The van der Waals surface area contributed by atoms with Crippen LogP contribution in [0.4, 0.5) is 0 Å². The van der Waals surface area contributed by atoms with E-state index in [0.29, 0.717) is 0 Å². The highest BCUT2D eigenvalue weighted by Crippen LogP contribution is 2.47. The van der Waals surface area contributed by atoms with E-state index >= 15 is 0 Å². The van der Waals surface area contributed by atoms with Gasteiger partial charge in [0, 0.05) is 25.0 Å². The Morgan fingerprint density at radius 3 is 1.36 bits per heavy atom. The van der Waals surface area contributed by atoms with Crippen molar-refractivity contribution in [2.24, 2.45) is 23.7 Å². The number of carbonyl (C=O) groups is 2. The average Bonchev–Trinajstić information content (AvgIpc) is 2.72. The van der Waals surface area contributed by atoms with Crippen LogP contribution in [-0.2, 0) is 32.3 Å². The van der Waals surface area contributed by atoms with Crippen LogP contribution in [0.2, 0.25) is 0 Å². The van der Waals surface area contributed by atoms with Crippen molar-refractivity contribution in [3.05, 3.63) is 71.8 Å². The van der Waals surface area contributed by atoms with Gasteiger partial charge in [-0.15, -0.1) is 0 Å². The zero-order chi connectivity index (χ0) is 19.9. The lowest BCUT2D eigenvalue weighted by Crippen LogP contribution is -2.57. The van der Waals surface area contributed by atoms with Crippen molar-refractivity contribution in [2.45, 2.75) is 13.2 Å². The maximum Gasteiger partial charge on any atom is 0.310 e. The molecule has 1 saturated carbocycles. The van der Waals surface area contributed by atoms with Gasteiger partial charge in [0.15, 0.2) is 0 Å². The summed E-state index contributed by atoms with van der Waals surface area (Å²) in [7, 11) is 0. The number of hydrogen-bond donors (Lipinski definition) is 2. The third-order valence-electron chi connectivity index (χ3n) is 5.27. The Morgan fingerprint density at radius 2 is 1.04 bits per heavy atom. The minimum atomic E-state index is -0.825. The van der Waals surface area contributed by atoms with Gasteiger partial charge in [-0.25, -0.2) is 0 Å². The molecule has 1 aliphatic carbocycles. The number of esters is 2. The maximum absolute atomic E-state index is 12.6. The minimum Gasteiger partial charge on any atom is -0.461 e. The van der Waals surface area contributed by atoms with Crippen molar-refractivity contribution in [3.63, 3.8) is 0 Å². The van der Waals surface area contributed by atoms with Crippen LogP contribution >= 0.6 is 0 Å². The van der Waals surface area contributed by atoms with Crippen molar-refractivity contribution >= 4 is 11.9 Å². The number of aliphatic hydroxyl groups is 2. The molecule has 2 aromatic rings. The molecule has 0 spiro atoms. The zero-order valence-corrected chi connectivity index (χ0v) is 15.4. The molecule has 0 saturated heterocycles. The van der Waals surface area contributed by atoms with E-state index in [9.17, 15) is 19.8 Å². The second-order valence-electron chi connectivity index (χ2n) is 6.93. The lowest BCUT2D eigenvalue weighted by molar-refractivity contribution is -0.189. The van der Waals surface area contributed by atoms with Gasteiger partial charge in [0.1, 0.15) is 13.2 Å². The smallest absolute Gasteiger partial charge is 0.310 e. The summed E-state index contributed by atoms with van der Waals surface area (Å²) in [6.07, 6.45) is 0. The molecular formula is C22H24O6. The first-order valence-electron chi connectivity index (χ1n) is 9.28. The summed E-state index contributed by atoms with van der Waals surface area (Å²) in [5.41, 5.74) is 1.66. The molecular weight excluding hydrogens is 360 g/mol. The van der Waals surface area contributed by atoms with Gasteiger partial charge in [0.05, 0.1) is 11.8 Å². The summed E-state index contributed by atoms with van der Waals surface area (Å²) < 4.78 is 10.7. The van der Waals surface area contributed by atoms with Gasteiger partial charge < -0.3 is 19.7 Å². The fourth-order valence-corrected chi connectivity index (χ4v) is 3.71. The first-order chi connectivity index (χ1) is 13.7. The van der Waals surface area contributed by atoms with Crippen molar-refractivity contribution in [3.8, 4) is 0 Å². The first kappa shape index (κ1) is 20.0. The molecule has 2 aromatic carbocycles. The summed E-state index contributed by atoms with van der Waals surface area (Å²) >= 11 is 0.